The molecular formula is C22H32O4Si. The van der Waals surface area contributed by atoms with Gasteiger partial charge in [-0.3, -0.25) is 4.79 Å². The van der Waals surface area contributed by atoms with Gasteiger partial charge < -0.3 is 14.9 Å². The number of hydrogen-bond acceptors (Lipinski definition) is 3. The molecule has 0 spiro atoms. The van der Waals surface area contributed by atoms with Crippen molar-refractivity contribution in [3.8, 4) is 11.5 Å². The van der Waals surface area contributed by atoms with E-state index in [0.717, 1.165) is 17.5 Å². The van der Waals surface area contributed by atoms with Crippen molar-refractivity contribution in [2.75, 3.05) is 6.23 Å². The number of phenols is 1. The number of carboxylic acids is 1. The second kappa shape index (κ2) is 10.2. The van der Waals surface area contributed by atoms with Gasteiger partial charge in [0, 0.05) is 12.0 Å². The maximum Gasteiger partial charge on any atom is 0.303 e. The summed E-state index contributed by atoms with van der Waals surface area (Å²) < 4.78 is 5.95. The number of aromatic hydroxyl groups is 1. The third kappa shape index (κ3) is 7.47. The number of rotatable bonds is 5. The zero-order chi connectivity index (χ0) is 20.6. The molecule has 4 nitrogen and oxygen atoms in total. The summed E-state index contributed by atoms with van der Waals surface area (Å²) in [5.41, 5.74) is 3.59. The largest absolute Gasteiger partial charge is 0.508 e. The van der Waals surface area contributed by atoms with Gasteiger partial charge in [0.05, 0.1) is 15.7 Å². The van der Waals surface area contributed by atoms with Gasteiger partial charge in [-0.15, -0.1) is 0 Å². The maximum atomic E-state index is 9.99. The van der Waals surface area contributed by atoms with Crippen LogP contribution in [0.4, 0.5) is 0 Å². The number of aryl methyl sites for hydroxylation is 1. The molecule has 5 heteroatoms. The van der Waals surface area contributed by atoms with Crippen LogP contribution >= 0.6 is 0 Å². The van der Waals surface area contributed by atoms with Crippen molar-refractivity contribution in [1.82, 2.24) is 0 Å². The third-order valence-electron chi connectivity index (χ3n) is 4.44. The normalized spacial score (nSPS) is 11.2. The Morgan fingerprint density at radius 3 is 2.33 bits per heavy atom. The van der Waals surface area contributed by atoms with Gasteiger partial charge in [0.25, 0.3) is 0 Å². The predicted molar refractivity (Wildman–Crippen MR) is 114 cm³/mol. The van der Waals surface area contributed by atoms with Gasteiger partial charge in [-0.05, 0) is 48.6 Å². The Bertz CT molecular complexity index is 763. The molecule has 0 heterocycles. The molecule has 2 N–H and O–H groups in total. The number of carboxylic acid groups (broad SMARTS) is 1. The Morgan fingerprint density at radius 2 is 1.78 bits per heavy atom. The van der Waals surface area contributed by atoms with Crippen LogP contribution in [0.25, 0.3) is 0 Å². The summed E-state index contributed by atoms with van der Waals surface area (Å²) in [5.74, 6) is 0.442. The summed E-state index contributed by atoms with van der Waals surface area (Å²) in [5, 5.41) is 19.2. The van der Waals surface area contributed by atoms with Crippen LogP contribution in [-0.2, 0) is 10.2 Å². The molecule has 0 saturated carbocycles. The van der Waals surface area contributed by atoms with Crippen molar-refractivity contribution in [3.05, 3.63) is 53.1 Å². The van der Waals surface area contributed by atoms with Crippen LogP contribution in [0.15, 0.2) is 36.4 Å². The standard InChI is InChI=1S/C19H26O2Si.C3H6O2/c1-13-7-6-8-18(14(13)2)22-12-21-15-9-10-17(20)16(11-15)19(3,4)5;1-2-3(4)5/h6-11,20H,12,22H2,1-5H3;2H2,1H3,(H,4,5). The highest BCUT2D eigenvalue weighted by atomic mass is 28.2. The van der Waals surface area contributed by atoms with Gasteiger partial charge in [-0.25, -0.2) is 0 Å². The van der Waals surface area contributed by atoms with Crippen LogP contribution in [0, 0.1) is 13.8 Å². The van der Waals surface area contributed by atoms with Crippen molar-refractivity contribution in [3.63, 3.8) is 0 Å². The number of aliphatic carboxylic acids is 1. The average Bonchev–Trinajstić information content (AvgIpc) is 2.59. The van der Waals surface area contributed by atoms with E-state index in [2.05, 4.69) is 52.8 Å². The lowest BCUT2D eigenvalue weighted by molar-refractivity contribution is -0.136. The molecule has 0 fully saturated rings. The van der Waals surface area contributed by atoms with Gasteiger partial charge in [0.1, 0.15) is 11.5 Å². The fourth-order valence-electron chi connectivity index (χ4n) is 2.57. The second-order valence-electron chi connectivity index (χ2n) is 7.63. The molecular weight excluding hydrogens is 356 g/mol. The van der Waals surface area contributed by atoms with E-state index in [-0.39, 0.29) is 11.8 Å². The molecule has 0 atom stereocenters. The van der Waals surface area contributed by atoms with Crippen molar-refractivity contribution < 1.29 is 19.7 Å². The Kier molecular flexibility index (Phi) is 8.57. The molecule has 0 aliphatic heterocycles. The average molecular weight is 389 g/mol. The van der Waals surface area contributed by atoms with E-state index in [4.69, 9.17) is 9.84 Å². The smallest absolute Gasteiger partial charge is 0.303 e. The maximum absolute atomic E-state index is 9.99. The molecule has 27 heavy (non-hydrogen) atoms. The number of hydrogen-bond donors (Lipinski definition) is 2. The minimum Gasteiger partial charge on any atom is -0.508 e. The molecule has 2 rings (SSSR count). The number of ether oxygens (including phenoxy) is 1. The number of carbonyl (C=O) groups is 1. The fourth-order valence-corrected chi connectivity index (χ4v) is 4.08. The van der Waals surface area contributed by atoms with Crippen molar-refractivity contribution in [2.24, 2.45) is 0 Å². The molecule has 0 saturated heterocycles. The zero-order valence-corrected chi connectivity index (χ0v) is 18.7. The Hall–Kier alpha value is -2.27. The molecule has 0 aliphatic carbocycles. The van der Waals surface area contributed by atoms with E-state index in [1.165, 1.54) is 16.3 Å². The van der Waals surface area contributed by atoms with Crippen LogP contribution in [0.3, 0.4) is 0 Å². The molecule has 148 valence electrons. The number of phenolic OH excluding ortho intramolecular Hbond substituents is 1. The zero-order valence-electron chi connectivity index (χ0n) is 17.3. The van der Waals surface area contributed by atoms with Gasteiger partial charge >= 0.3 is 5.97 Å². The van der Waals surface area contributed by atoms with Gasteiger partial charge in [0.15, 0.2) is 0 Å². The monoisotopic (exact) mass is 388 g/mol. The SMILES string of the molecule is CCC(=O)O.Cc1cccc([SiH2]COc2ccc(O)c(C(C)(C)C)c2)c1C. The van der Waals surface area contributed by atoms with Crippen LogP contribution in [-0.4, -0.2) is 31.9 Å². The van der Waals surface area contributed by atoms with Gasteiger partial charge in [0.2, 0.25) is 0 Å². The van der Waals surface area contributed by atoms with E-state index in [1.807, 2.05) is 12.1 Å². The summed E-state index contributed by atoms with van der Waals surface area (Å²) >= 11 is 0. The highest BCUT2D eigenvalue weighted by Crippen LogP contribution is 2.33. The first-order chi connectivity index (χ1) is 12.6. The van der Waals surface area contributed by atoms with Crippen LogP contribution in [0.5, 0.6) is 11.5 Å². The van der Waals surface area contributed by atoms with Crippen LogP contribution in [0.2, 0.25) is 0 Å². The number of benzene rings is 2. The quantitative estimate of drug-likeness (QED) is 0.768. The van der Waals surface area contributed by atoms with E-state index in [9.17, 15) is 9.90 Å². The topological polar surface area (TPSA) is 66.8 Å². The summed E-state index contributed by atoms with van der Waals surface area (Å²) in [6.07, 6.45) is 0.999. The third-order valence-corrected chi connectivity index (χ3v) is 6.15. The minimum absolute atomic E-state index is 0.0893. The molecule has 0 radical (unpaired) electrons. The Morgan fingerprint density at radius 1 is 1.15 bits per heavy atom. The Labute approximate surface area is 165 Å². The van der Waals surface area contributed by atoms with E-state index in [1.54, 1.807) is 13.0 Å². The van der Waals surface area contributed by atoms with Gasteiger partial charge in [-0.2, -0.15) is 0 Å². The first-order valence-corrected chi connectivity index (χ1v) is 11.0. The van der Waals surface area contributed by atoms with E-state index in [0.29, 0.717) is 5.75 Å². The summed E-state index contributed by atoms with van der Waals surface area (Å²) in [4.78, 5) is 9.37. The van der Waals surface area contributed by atoms with Crippen LogP contribution < -0.4 is 9.92 Å². The fraction of sp³-hybridized carbons (Fsp3) is 0.409. The predicted octanol–water partition coefficient (Wildman–Crippen LogP) is 3.62. The summed E-state index contributed by atoms with van der Waals surface area (Å²) in [7, 11) is -0.446. The first-order valence-electron chi connectivity index (χ1n) is 9.29. The Balaban J connectivity index is 0.000000646. The highest BCUT2D eigenvalue weighted by Gasteiger charge is 2.18. The van der Waals surface area contributed by atoms with Crippen molar-refractivity contribution >= 4 is 20.7 Å². The van der Waals surface area contributed by atoms with Crippen molar-refractivity contribution in [2.45, 2.75) is 53.4 Å². The van der Waals surface area contributed by atoms with Crippen LogP contribution in [0.1, 0.15) is 50.8 Å². The summed E-state index contributed by atoms with van der Waals surface area (Å²) in [6, 6.07) is 12.0. The lowest BCUT2D eigenvalue weighted by Crippen LogP contribution is -2.24. The molecule has 0 amide bonds. The molecule has 2 aromatic carbocycles. The molecule has 0 bridgehead atoms. The van der Waals surface area contributed by atoms with E-state index >= 15 is 0 Å². The van der Waals surface area contributed by atoms with E-state index < -0.39 is 15.5 Å². The summed E-state index contributed by atoms with van der Waals surface area (Å²) in [6.45, 7) is 12.2. The molecule has 0 aromatic heterocycles. The van der Waals surface area contributed by atoms with Crippen molar-refractivity contribution in [1.29, 1.82) is 0 Å². The second-order valence-corrected chi connectivity index (χ2v) is 9.30. The minimum atomic E-state index is -0.745. The lowest BCUT2D eigenvalue weighted by atomic mass is 9.86. The lowest BCUT2D eigenvalue weighted by Gasteiger charge is -2.21. The first kappa shape index (κ1) is 22.8. The molecule has 0 unspecified atom stereocenters. The molecule has 2 aromatic rings. The van der Waals surface area contributed by atoms with Gasteiger partial charge in [-0.1, -0.05) is 51.1 Å². The highest BCUT2D eigenvalue weighted by molar-refractivity contribution is 6.54. The molecule has 0 aliphatic rings.